The zero-order valence-corrected chi connectivity index (χ0v) is 25.8. The van der Waals surface area contributed by atoms with E-state index in [1.807, 2.05) is 13.8 Å². The maximum atomic E-state index is 13.0. The molecule has 0 saturated heterocycles. The summed E-state index contributed by atoms with van der Waals surface area (Å²) in [6.45, 7) is 7.14. The third-order valence-corrected chi connectivity index (χ3v) is 7.11. The number of hydrogen-bond donors (Lipinski definition) is 2. The first-order chi connectivity index (χ1) is 20.0. The Morgan fingerprint density at radius 1 is 0.976 bits per heavy atom. The molecule has 0 unspecified atom stereocenters. The molecule has 0 fully saturated rings. The summed E-state index contributed by atoms with van der Waals surface area (Å²) in [7, 11) is -0.974. The average Bonchev–Trinajstić information content (AvgIpc) is 2.95. The van der Waals surface area contributed by atoms with Crippen molar-refractivity contribution in [2.75, 3.05) is 32.1 Å². The van der Waals surface area contributed by atoms with Crippen molar-refractivity contribution in [3.05, 3.63) is 58.0 Å². The number of sulfonamides is 1. The van der Waals surface area contributed by atoms with Crippen molar-refractivity contribution in [2.45, 2.75) is 64.8 Å². The maximum Gasteiger partial charge on any atom is 0.291 e. The fourth-order valence-corrected chi connectivity index (χ4v) is 4.76. The van der Waals surface area contributed by atoms with Crippen molar-refractivity contribution < 1.29 is 27.5 Å². The van der Waals surface area contributed by atoms with Crippen LogP contribution in [0.5, 0.6) is 0 Å². The number of nitrogens with zero attached hydrogens (tertiary/aromatic N) is 4. The lowest BCUT2D eigenvalue weighted by atomic mass is 10.2. The number of benzene rings is 1. The van der Waals surface area contributed by atoms with Gasteiger partial charge in [-0.2, -0.15) is 9.98 Å². The average molecular weight is 605 g/mol. The number of nitrogens with one attached hydrogen (secondary N) is 2. The molecule has 1 amide bonds. The van der Waals surface area contributed by atoms with Crippen molar-refractivity contribution >= 4 is 39.4 Å². The molecule has 1 aromatic carbocycles. The molecule has 14 heteroatoms. The molecule has 0 radical (unpaired) electrons. The number of carbonyl (C=O) groups excluding carboxylic acids is 1. The number of rotatable bonds is 13. The number of pyridine rings is 1. The van der Waals surface area contributed by atoms with Gasteiger partial charge in [0.15, 0.2) is 11.8 Å². The first kappa shape index (κ1) is 34.0. The Hall–Kier alpha value is -4.20. The van der Waals surface area contributed by atoms with E-state index >= 15 is 0 Å². The molecule has 0 saturated carbocycles. The first-order valence-electron chi connectivity index (χ1n) is 13.5. The Bertz CT molecular complexity index is 1440. The third-order valence-electron chi connectivity index (χ3n) is 5.75. The van der Waals surface area contributed by atoms with Crippen LogP contribution in [0.4, 0.5) is 5.69 Å². The number of anilines is 1. The van der Waals surface area contributed by atoms with E-state index in [1.54, 1.807) is 32.0 Å². The molecular formula is C28H40N6O7S. The van der Waals surface area contributed by atoms with Crippen LogP contribution in [0, 0.1) is 13.8 Å². The van der Waals surface area contributed by atoms with Crippen molar-refractivity contribution in [3.63, 3.8) is 0 Å². The highest BCUT2D eigenvalue weighted by Crippen LogP contribution is 2.15. The summed E-state index contributed by atoms with van der Waals surface area (Å²) in [6, 6.07) is 9.25. The van der Waals surface area contributed by atoms with Crippen LogP contribution < -0.4 is 15.6 Å². The second-order valence-electron chi connectivity index (χ2n) is 9.20. The number of guanidine groups is 1. The number of aryl methyl sites for hydroxylation is 2. The number of aromatic nitrogens is 1. The standard InChI is InChI=1S/C28H40N6O7S/c1-7-10-25(39-5)30-28(31-26(40-6)11-8-2)32-41-17-16-29-24(35)19-34-21(4)14-15-23(27(34)36)33-42(37,38)22-13-9-12-20(3)18-22/h9,12-15,18,33H,7-8,10-11,16-17,19H2,1-6H3,(H,29,35)/b30-25+,31-26+. The molecule has 0 bridgehead atoms. The summed E-state index contributed by atoms with van der Waals surface area (Å²) in [5, 5.41) is 6.61. The highest BCUT2D eigenvalue weighted by Gasteiger charge is 2.18. The highest BCUT2D eigenvalue weighted by atomic mass is 32.2. The van der Waals surface area contributed by atoms with Crippen LogP contribution >= 0.6 is 0 Å². The summed E-state index contributed by atoms with van der Waals surface area (Å²) in [4.78, 5) is 39.6. The molecule has 2 N–H and O–H groups in total. The highest BCUT2D eigenvalue weighted by molar-refractivity contribution is 7.92. The molecule has 0 atom stereocenters. The van der Waals surface area contributed by atoms with E-state index < -0.39 is 21.5 Å². The fraction of sp³-hybridized carbons (Fsp3) is 0.464. The summed E-state index contributed by atoms with van der Waals surface area (Å²) in [5.74, 6) is 0.419. The van der Waals surface area contributed by atoms with Crippen LogP contribution in [0.15, 0.2) is 61.2 Å². The van der Waals surface area contributed by atoms with Gasteiger partial charge in [-0.1, -0.05) is 26.0 Å². The van der Waals surface area contributed by atoms with Crippen molar-refractivity contribution in [2.24, 2.45) is 15.1 Å². The Kier molecular flexibility index (Phi) is 13.7. The minimum absolute atomic E-state index is 0.00329. The molecule has 2 aromatic rings. The number of methoxy groups -OCH3 is 2. The Balaban J connectivity index is 2.06. The van der Waals surface area contributed by atoms with Crippen molar-refractivity contribution in [3.8, 4) is 0 Å². The summed E-state index contributed by atoms with van der Waals surface area (Å²) in [6.07, 6.45) is 2.80. The molecule has 0 spiro atoms. The zero-order chi connectivity index (χ0) is 31.1. The summed E-state index contributed by atoms with van der Waals surface area (Å²) >= 11 is 0. The van der Waals surface area contributed by atoms with Crippen LogP contribution in [0.2, 0.25) is 0 Å². The molecular weight excluding hydrogens is 564 g/mol. The number of ether oxygens (including phenoxy) is 2. The van der Waals surface area contributed by atoms with Crippen LogP contribution in [-0.2, 0) is 35.7 Å². The van der Waals surface area contributed by atoms with Gasteiger partial charge in [0, 0.05) is 18.5 Å². The van der Waals surface area contributed by atoms with Crippen LogP contribution in [0.25, 0.3) is 0 Å². The largest absolute Gasteiger partial charge is 0.484 e. The van der Waals surface area contributed by atoms with Gasteiger partial charge in [-0.15, -0.1) is 0 Å². The van der Waals surface area contributed by atoms with E-state index in [0.29, 0.717) is 30.3 Å². The van der Waals surface area contributed by atoms with E-state index in [9.17, 15) is 18.0 Å². The van der Waals surface area contributed by atoms with E-state index in [4.69, 9.17) is 14.3 Å². The first-order valence-corrected chi connectivity index (χ1v) is 15.0. The van der Waals surface area contributed by atoms with E-state index in [2.05, 4.69) is 25.2 Å². The van der Waals surface area contributed by atoms with E-state index in [-0.39, 0.29) is 36.2 Å². The smallest absolute Gasteiger partial charge is 0.291 e. The van der Waals surface area contributed by atoms with Crippen LogP contribution in [0.3, 0.4) is 0 Å². The Morgan fingerprint density at radius 2 is 1.62 bits per heavy atom. The minimum Gasteiger partial charge on any atom is -0.484 e. The minimum atomic E-state index is -4.00. The van der Waals surface area contributed by atoms with Crippen molar-refractivity contribution in [1.82, 2.24) is 9.88 Å². The molecule has 1 heterocycles. The van der Waals surface area contributed by atoms with Crippen molar-refractivity contribution in [1.29, 1.82) is 0 Å². The molecule has 230 valence electrons. The van der Waals surface area contributed by atoms with Gasteiger partial charge in [-0.25, -0.2) is 8.42 Å². The second-order valence-corrected chi connectivity index (χ2v) is 10.9. The van der Waals surface area contributed by atoms with Gasteiger partial charge in [-0.3, -0.25) is 14.3 Å². The van der Waals surface area contributed by atoms with Gasteiger partial charge < -0.3 is 24.2 Å². The zero-order valence-electron chi connectivity index (χ0n) is 25.0. The molecule has 13 nitrogen and oxygen atoms in total. The predicted octanol–water partition coefficient (Wildman–Crippen LogP) is 3.36. The quantitative estimate of drug-likeness (QED) is 0.153. The number of carbonyl (C=O) groups is 1. The van der Waals surface area contributed by atoms with E-state index in [1.165, 1.54) is 37.0 Å². The monoisotopic (exact) mass is 604 g/mol. The summed E-state index contributed by atoms with van der Waals surface area (Å²) in [5.41, 5.74) is 0.425. The lowest BCUT2D eigenvalue weighted by Gasteiger charge is -2.13. The lowest BCUT2D eigenvalue weighted by Crippen LogP contribution is -2.35. The molecule has 42 heavy (non-hydrogen) atoms. The fourth-order valence-electron chi connectivity index (χ4n) is 3.59. The molecule has 0 aliphatic heterocycles. The van der Waals surface area contributed by atoms with Gasteiger partial charge in [0.1, 0.15) is 18.8 Å². The number of hydrogen-bond acceptors (Lipinski definition) is 8. The number of aliphatic imine (C=N–C) groups is 2. The molecule has 0 aliphatic carbocycles. The normalized spacial score (nSPS) is 12.0. The maximum absolute atomic E-state index is 13.0. The van der Waals surface area contributed by atoms with E-state index in [0.717, 1.165) is 18.4 Å². The second kappa shape index (κ2) is 16.9. The molecule has 2 rings (SSSR count). The van der Waals surface area contributed by atoms with Crippen LogP contribution in [-0.4, -0.2) is 64.0 Å². The van der Waals surface area contributed by atoms with Gasteiger partial charge in [-0.05, 0) is 61.7 Å². The molecule has 1 aromatic heterocycles. The van der Waals surface area contributed by atoms with Gasteiger partial charge >= 0.3 is 0 Å². The van der Waals surface area contributed by atoms with Gasteiger partial charge in [0.2, 0.25) is 5.91 Å². The number of oxime groups is 1. The van der Waals surface area contributed by atoms with Crippen LogP contribution in [0.1, 0.15) is 50.8 Å². The van der Waals surface area contributed by atoms with Gasteiger partial charge in [0.25, 0.3) is 21.5 Å². The predicted molar refractivity (Wildman–Crippen MR) is 163 cm³/mol. The lowest BCUT2D eigenvalue weighted by molar-refractivity contribution is -0.122. The van der Waals surface area contributed by atoms with Gasteiger partial charge in [0.05, 0.1) is 25.7 Å². The Labute approximate surface area is 246 Å². The summed E-state index contributed by atoms with van der Waals surface area (Å²) < 4.78 is 39.7. The molecule has 0 aliphatic rings. The number of amides is 1. The topological polar surface area (TPSA) is 162 Å². The Morgan fingerprint density at radius 3 is 2.19 bits per heavy atom. The SMILES string of the molecule is CCC/C(=N\C(=NOCCNC(=O)Cn1c(C)ccc(NS(=O)(=O)c2cccc(C)c2)c1=O)/N=C(\CCC)OC)OC. The third kappa shape index (κ3) is 10.7.